The van der Waals surface area contributed by atoms with E-state index in [0.29, 0.717) is 23.4 Å². The van der Waals surface area contributed by atoms with Crippen molar-refractivity contribution in [2.24, 2.45) is 41.4 Å². The van der Waals surface area contributed by atoms with E-state index in [0.717, 1.165) is 100 Å². The summed E-state index contributed by atoms with van der Waals surface area (Å²) in [6, 6.07) is 0. The summed E-state index contributed by atoms with van der Waals surface area (Å²) in [5, 5.41) is 19.6. The molecule has 0 aromatic carbocycles. The van der Waals surface area contributed by atoms with Crippen molar-refractivity contribution in [1.82, 2.24) is 0 Å². The molecule has 3 saturated carbocycles. The van der Waals surface area contributed by atoms with E-state index < -0.39 is 0 Å². The van der Waals surface area contributed by atoms with Gasteiger partial charge in [0.15, 0.2) is 5.78 Å². The minimum absolute atomic E-state index is 0.0487. The van der Waals surface area contributed by atoms with E-state index in [9.17, 15) is 19.8 Å². The summed E-state index contributed by atoms with van der Waals surface area (Å²) < 4.78 is 0. The molecular weight excluding hydrogens is 472 g/mol. The van der Waals surface area contributed by atoms with Gasteiger partial charge in [-0.05, 0) is 131 Å². The first-order valence-corrected chi connectivity index (χ1v) is 16.2. The van der Waals surface area contributed by atoms with Gasteiger partial charge in [0.25, 0.3) is 0 Å². The maximum Gasteiger partial charge on any atom is 0.155 e. The number of hydrogen-bond acceptors (Lipinski definition) is 4. The standard InChI is InChI=1S/2C17H26O2/c2*1-2-15-16(11-3-5-13(18)9-11)7-4-12-10-14(19)6-8-17(12)15/h11,13,15-16,18H,2-10H2,1H3;10-11,13,15-18H,2-9H2,1H3. The molecule has 0 bridgehead atoms. The Morgan fingerprint density at radius 1 is 0.737 bits per heavy atom. The van der Waals surface area contributed by atoms with Gasteiger partial charge in [-0.1, -0.05) is 37.0 Å². The zero-order chi connectivity index (χ0) is 26.8. The Balaban J connectivity index is 0.000000155. The second kappa shape index (κ2) is 12.5. The molecule has 0 aliphatic heterocycles. The molecule has 4 heteroatoms. The van der Waals surface area contributed by atoms with Crippen LogP contribution < -0.4 is 0 Å². The van der Waals surface area contributed by atoms with Crippen LogP contribution in [0.15, 0.2) is 22.8 Å². The third kappa shape index (κ3) is 6.07. The van der Waals surface area contributed by atoms with Crippen molar-refractivity contribution in [3.05, 3.63) is 22.8 Å². The SMILES string of the molecule is CCC1C2=C(CCC1C1CCC(O)C1)CC(=O)CC2.CCC1C2CCC(=O)C=C2CCC1C1CCC(O)C1. The van der Waals surface area contributed by atoms with Crippen LogP contribution in [0.5, 0.6) is 0 Å². The molecule has 38 heavy (non-hydrogen) atoms. The molecule has 0 heterocycles. The first kappa shape index (κ1) is 28.3. The number of aliphatic hydroxyl groups excluding tert-OH is 2. The Kier molecular flexibility index (Phi) is 9.30. The average molecular weight is 525 g/mol. The summed E-state index contributed by atoms with van der Waals surface area (Å²) in [6.07, 6.45) is 19.9. The van der Waals surface area contributed by atoms with Gasteiger partial charge in [-0.15, -0.1) is 0 Å². The molecule has 9 atom stereocenters. The van der Waals surface area contributed by atoms with Crippen LogP contribution in [0.1, 0.15) is 123 Å². The number of hydrogen-bond donors (Lipinski definition) is 2. The summed E-state index contributed by atoms with van der Waals surface area (Å²) in [6.45, 7) is 4.61. The van der Waals surface area contributed by atoms with Crippen molar-refractivity contribution >= 4 is 11.6 Å². The van der Waals surface area contributed by atoms with Crippen LogP contribution in [0.3, 0.4) is 0 Å². The van der Waals surface area contributed by atoms with Gasteiger partial charge in [0.1, 0.15) is 5.78 Å². The number of ketones is 2. The number of carbonyl (C=O) groups is 2. The Bertz CT molecular complexity index is 931. The fourth-order valence-corrected chi connectivity index (χ4v) is 9.90. The summed E-state index contributed by atoms with van der Waals surface area (Å²) >= 11 is 0. The lowest BCUT2D eigenvalue weighted by Gasteiger charge is -2.43. The smallest absolute Gasteiger partial charge is 0.155 e. The normalized spacial score (nSPS) is 41.3. The van der Waals surface area contributed by atoms with E-state index in [4.69, 9.17) is 0 Å². The lowest BCUT2D eigenvalue weighted by molar-refractivity contribution is -0.119. The molecule has 2 N–H and O–H groups in total. The molecule has 0 saturated heterocycles. The first-order chi connectivity index (χ1) is 18.4. The topological polar surface area (TPSA) is 74.6 Å². The quantitative estimate of drug-likeness (QED) is 0.384. The maximum atomic E-state index is 11.6. The van der Waals surface area contributed by atoms with Crippen LogP contribution in [0.25, 0.3) is 0 Å². The number of carbonyl (C=O) groups excluding carboxylic acids is 2. The minimum Gasteiger partial charge on any atom is -0.393 e. The molecule has 212 valence electrons. The van der Waals surface area contributed by atoms with Crippen LogP contribution in [0, 0.1) is 41.4 Å². The van der Waals surface area contributed by atoms with Gasteiger partial charge in [0, 0.05) is 19.3 Å². The van der Waals surface area contributed by atoms with Crippen LogP contribution in [0.4, 0.5) is 0 Å². The number of allylic oxidation sites excluding steroid dienone is 4. The van der Waals surface area contributed by atoms with Crippen LogP contribution >= 0.6 is 0 Å². The highest BCUT2D eigenvalue weighted by Gasteiger charge is 2.42. The van der Waals surface area contributed by atoms with Crippen molar-refractivity contribution < 1.29 is 19.8 Å². The third-order valence-electron chi connectivity index (χ3n) is 11.7. The first-order valence-electron chi connectivity index (χ1n) is 16.2. The van der Waals surface area contributed by atoms with E-state index in [1.165, 1.54) is 49.7 Å². The number of fused-ring (bicyclic) bond motifs is 1. The molecule has 6 aliphatic rings. The van der Waals surface area contributed by atoms with Gasteiger partial charge in [-0.3, -0.25) is 9.59 Å². The molecule has 9 unspecified atom stereocenters. The molecule has 0 amide bonds. The zero-order valence-electron chi connectivity index (χ0n) is 24.0. The van der Waals surface area contributed by atoms with E-state index in [2.05, 4.69) is 13.8 Å². The van der Waals surface area contributed by atoms with Gasteiger partial charge in [0.05, 0.1) is 12.2 Å². The second-order valence-corrected chi connectivity index (χ2v) is 13.6. The third-order valence-corrected chi connectivity index (χ3v) is 11.7. The van der Waals surface area contributed by atoms with Gasteiger partial charge in [-0.2, -0.15) is 0 Å². The largest absolute Gasteiger partial charge is 0.393 e. The van der Waals surface area contributed by atoms with Crippen LogP contribution in [-0.2, 0) is 9.59 Å². The number of aliphatic hydroxyl groups is 2. The molecule has 0 spiro atoms. The Morgan fingerprint density at radius 3 is 2.05 bits per heavy atom. The maximum absolute atomic E-state index is 11.6. The predicted octanol–water partition coefficient (Wildman–Crippen LogP) is 7.12. The van der Waals surface area contributed by atoms with Gasteiger partial charge >= 0.3 is 0 Å². The van der Waals surface area contributed by atoms with Crippen molar-refractivity contribution in [1.29, 1.82) is 0 Å². The Morgan fingerprint density at radius 2 is 1.42 bits per heavy atom. The summed E-state index contributed by atoms with van der Waals surface area (Å²) in [5.74, 6) is 5.94. The fourth-order valence-electron chi connectivity index (χ4n) is 9.90. The highest BCUT2D eigenvalue weighted by molar-refractivity contribution is 5.91. The van der Waals surface area contributed by atoms with Crippen LogP contribution in [0.2, 0.25) is 0 Å². The van der Waals surface area contributed by atoms with Gasteiger partial charge in [0.2, 0.25) is 0 Å². The van der Waals surface area contributed by atoms with E-state index in [1.807, 2.05) is 6.08 Å². The lowest BCUT2D eigenvalue weighted by atomic mass is 9.61. The molecule has 0 radical (unpaired) electrons. The minimum atomic E-state index is -0.0502. The molecule has 3 fully saturated rings. The molecule has 0 aromatic heterocycles. The second-order valence-electron chi connectivity index (χ2n) is 13.6. The average Bonchev–Trinajstić information content (AvgIpc) is 3.55. The van der Waals surface area contributed by atoms with Crippen molar-refractivity contribution in [2.75, 3.05) is 0 Å². The summed E-state index contributed by atoms with van der Waals surface area (Å²) in [4.78, 5) is 23.2. The van der Waals surface area contributed by atoms with E-state index in [-0.39, 0.29) is 12.2 Å². The monoisotopic (exact) mass is 524 g/mol. The molecule has 6 rings (SSSR count). The Hall–Kier alpha value is -1.26. The fraction of sp³-hybridized carbons (Fsp3) is 0.824. The highest BCUT2D eigenvalue weighted by Crippen LogP contribution is 2.51. The molecule has 0 aromatic rings. The number of Topliss-reactive ketones (excluding diaryl/α,β-unsaturated/α-hetero) is 1. The zero-order valence-corrected chi connectivity index (χ0v) is 24.0. The lowest BCUT2D eigenvalue weighted by Crippen LogP contribution is -2.35. The van der Waals surface area contributed by atoms with Gasteiger partial charge < -0.3 is 10.2 Å². The van der Waals surface area contributed by atoms with Crippen molar-refractivity contribution in [3.63, 3.8) is 0 Å². The predicted molar refractivity (Wildman–Crippen MR) is 151 cm³/mol. The Labute approximate surface area is 230 Å². The van der Waals surface area contributed by atoms with Crippen molar-refractivity contribution in [2.45, 2.75) is 135 Å². The summed E-state index contributed by atoms with van der Waals surface area (Å²) in [5.41, 5.74) is 4.57. The molecule has 4 nitrogen and oxygen atoms in total. The van der Waals surface area contributed by atoms with Crippen LogP contribution in [-0.4, -0.2) is 34.0 Å². The molecular formula is C34H52O4. The van der Waals surface area contributed by atoms with Crippen molar-refractivity contribution in [3.8, 4) is 0 Å². The highest BCUT2D eigenvalue weighted by atomic mass is 16.3. The van der Waals surface area contributed by atoms with Gasteiger partial charge in [-0.25, -0.2) is 0 Å². The molecule has 6 aliphatic carbocycles. The number of rotatable bonds is 4. The van der Waals surface area contributed by atoms with E-state index >= 15 is 0 Å². The summed E-state index contributed by atoms with van der Waals surface area (Å²) in [7, 11) is 0. The van der Waals surface area contributed by atoms with E-state index in [1.54, 1.807) is 5.57 Å².